The number of rotatable bonds is 14. The average molecular weight is 815 g/mol. The lowest BCUT2D eigenvalue weighted by Gasteiger charge is -2.32. The van der Waals surface area contributed by atoms with Gasteiger partial charge < -0.3 is 9.80 Å². The fraction of sp³-hybridized carbons (Fsp3) is 0.409. The molecule has 4 aromatic carbocycles. The third kappa shape index (κ3) is 13.1. The van der Waals surface area contributed by atoms with Crippen LogP contribution in [0.2, 0.25) is 25.1 Å². The standard InChI is InChI=1S/C22H24Cl3NO.C22H25Cl2NO/c23-19-6-2-1-5-18(19)16-10-13-26(14-11-16)12-4-3-7-22(27)17-8-9-20(24)21(25)15-17;23-19-10-8-18(9-11-19)22(26)7-3-4-14-25-15-12-17(13-16-25)20-5-1-2-6-21(20)24/h1-2,5-6,8-9,15-16H,3-4,7,10-14H2;1-2,5-6,8-11,17H,3-4,7,12-16H2. The zero-order valence-electron chi connectivity index (χ0n) is 30.2. The van der Waals surface area contributed by atoms with E-state index in [1.165, 1.54) is 11.1 Å². The molecule has 2 saturated heterocycles. The lowest BCUT2D eigenvalue weighted by atomic mass is 9.89. The molecular weight excluding hydrogens is 766 g/mol. The van der Waals surface area contributed by atoms with Gasteiger partial charge in [-0.2, -0.15) is 0 Å². The second-order valence-corrected chi connectivity index (χ2v) is 16.2. The first-order valence-corrected chi connectivity index (χ1v) is 20.8. The van der Waals surface area contributed by atoms with Gasteiger partial charge in [0.25, 0.3) is 0 Å². The molecule has 0 spiro atoms. The van der Waals surface area contributed by atoms with Crippen LogP contribution in [-0.4, -0.2) is 60.6 Å². The Kier molecular flexibility index (Phi) is 17.0. The Morgan fingerprint density at radius 1 is 0.491 bits per heavy atom. The highest BCUT2D eigenvalue weighted by atomic mass is 35.5. The van der Waals surface area contributed by atoms with Gasteiger partial charge in [-0.3, -0.25) is 9.59 Å². The van der Waals surface area contributed by atoms with Crippen LogP contribution in [0.15, 0.2) is 91.0 Å². The molecule has 2 aliphatic heterocycles. The van der Waals surface area contributed by atoms with Gasteiger partial charge in [0.1, 0.15) is 0 Å². The minimum absolute atomic E-state index is 0.131. The van der Waals surface area contributed by atoms with Gasteiger partial charge in [0, 0.05) is 39.0 Å². The van der Waals surface area contributed by atoms with Crippen molar-refractivity contribution in [1.82, 2.24) is 9.80 Å². The van der Waals surface area contributed by atoms with E-state index in [1.54, 1.807) is 30.3 Å². The van der Waals surface area contributed by atoms with E-state index in [9.17, 15) is 9.59 Å². The van der Waals surface area contributed by atoms with Crippen molar-refractivity contribution in [3.63, 3.8) is 0 Å². The number of carbonyl (C=O) groups excluding carboxylic acids is 2. The monoisotopic (exact) mass is 812 g/mol. The predicted octanol–water partition coefficient (Wildman–Crippen LogP) is 13.1. The molecule has 0 aliphatic carbocycles. The summed E-state index contributed by atoms with van der Waals surface area (Å²) < 4.78 is 0. The Bertz CT molecular complexity index is 1770. The fourth-order valence-electron chi connectivity index (χ4n) is 7.38. The minimum Gasteiger partial charge on any atom is -0.303 e. The highest BCUT2D eigenvalue weighted by Gasteiger charge is 2.23. The van der Waals surface area contributed by atoms with Crippen LogP contribution in [0.3, 0.4) is 0 Å². The van der Waals surface area contributed by atoms with Crippen LogP contribution in [0, 0.1) is 0 Å². The van der Waals surface area contributed by atoms with E-state index in [2.05, 4.69) is 34.1 Å². The second kappa shape index (κ2) is 21.6. The third-order valence-corrected chi connectivity index (χ3v) is 12.2. The molecule has 6 rings (SSSR count). The fourth-order valence-corrected chi connectivity index (χ4v) is 8.39. The molecule has 2 aliphatic rings. The van der Waals surface area contributed by atoms with E-state index < -0.39 is 0 Å². The van der Waals surface area contributed by atoms with E-state index in [0.717, 1.165) is 106 Å². The normalized spacial score (nSPS) is 15.9. The number of likely N-dealkylation sites (tertiary alicyclic amines) is 2. The maximum Gasteiger partial charge on any atom is 0.162 e. The first kappa shape index (κ1) is 41.7. The Labute approximate surface area is 340 Å². The molecule has 0 atom stereocenters. The number of carbonyl (C=O) groups is 2. The van der Waals surface area contributed by atoms with Crippen molar-refractivity contribution in [2.24, 2.45) is 0 Å². The molecule has 2 fully saturated rings. The Balaban J connectivity index is 0.000000204. The minimum atomic E-state index is 0.131. The molecule has 0 aromatic heterocycles. The second-order valence-electron chi connectivity index (χ2n) is 14.2. The number of nitrogens with zero attached hydrogens (tertiary/aromatic N) is 2. The zero-order chi connectivity index (χ0) is 37.6. The number of halogens is 5. The van der Waals surface area contributed by atoms with Gasteiger partial charge in [0.05, 0.1) is 10.0 Å². The van der Waals surface area contributed by atoms with E-state index >= 15 is 0 Å². The van der Waals surface area contributed by atoms with Crippen LogP contribution in [0.4, 0.5) is 0 Å². The van der Waals surface area contributed by atoms with Crippen LogP contribution >= 0.6 is 58.0 Å². The molecule has 53 heavy (non-hydrogen) atoms. The van der Waals surface area contributed by atoms with Gasteiger partial charge in [-0.25, -0.2) is 0 Å². The average Bonchev–Trinajstić information content (AvgIpc) is 3.17. The number of Topliss-reactive ketones (excluding diaryl/α,β-unsaturated/α-hetero) is 2. The molecule has 9 heteroatoms. The lowest BCUT2D eigenvalue weighted by Crippen LogP contribution is -2.33. The SMILES string of the molecule is O=C(CCCCN1CCC(c2ccccc2Cl)CC1)c1ccc(Cl)c(Cl)c1.O=C(CCCCN1CCC(c2ccccc2Cl)CC1)c1ccc(Cl)cc1. The predicted molar refractivity (Wildman–Crippen MR) is 224 cm³/mol. The molecule has 0 bridgehead atoms. The Morgan fingerprint density at radius 3 is 1.38 bits per heavy atom. The zero-order valence-corrected chi connectivity index (χ0v) is 34.0. The van der Waals surface area contributed by atoms with Gasteiger partial charge in [-0.15, -0.1) is 0 Å². The summed E-state index contributed by atoms with van der Waals surface area (Å²) in [4.78, 5) is 29.4. The largest absolute Gasteiger partial charge is 0.303 e. The van der Waals surface area contributed by atoms with E-state index in [-0.39, 0.29) is 11.6 Å². The third-order valence-electron chi connectivity index (χ3n) is 10.5. The molecule has 0 unspecified atom stereocenters. The van der Waals surface area contributed by atoms with Gasteiger partial charge in [0.15, 0.2) is 11.6 Å². The van der Waals surface area contributed by atoms with Crippen molar-refractivity contribution in [3.05, 3.63) is 138 Å². The summed E-state index contributed by atoms with van der Waals surface area (Å²) >= 11 is 30.4. The number of ketones is 2. The van der Waals surface area contributed by atoms with E-state index in [4.69, 9.17) is 58.0 Å². The quantitative estimate of drug-likeness (QED) is 0.0939. The number of piperidine rings is 2. The summed E-state index contributed by atoms with van der Waals surface area (Å²) in [7, 11) is 0. The molecule has 0 saturated carbocycles. The summed E-state index contributed by atoms with van der Waals surface area (Å²) in [5.74, 6) is 1.47. The van der Waals surface area contributed by atoms with Crippen molar-refractivity contribution < 1.29 is 9.59 Å². The summed E-state index contributed by atoms with van der Waals surface area (Å²) in [5, 5.41) is 3.36. The van der Waals surface area contributed by atoms with E-state index in [1.807, 2.05) is 36.4 Å². The highest BCUT2D eigenvalue weighted by Crippen LogP contribution is 2.34. The highest BCUT2D eigenvalue weighted by molar-refractivity contribution is 6.42. The summed E-state index contributed by atoms with van der Waals surface area (Å²) in [6, 6.07) is 28.7. The number of hydrogen-bond acceptors (Lipinski definition) is 4. The van der Waals surface area contributed by atoms with Crippen LogP contribution in [0.25, 0.3) is 0 Å². The molecular formula is C44H49Cl5N2O2. The molecule has 0 amide bonds. The van der Waals surface area contributed by atoms with Crippen molar-refractivity contribution >= 4 is 69.6 Å². The van der Waals surface area contributed by atoms with Crippen molar-refractivity contribution in [2.45, 2.75) is 76.0 Å². The van der Waals surface area contributed by atoms with Gasteiger partial charge >= 0.3 is 0 Å². The number of unbranched alkanes of at least 4 members (excludes halogenated alkanes) is 2. The molecule has 0 N–H and O–H groups in total. The molecule has 0 radical (unpaired) electrons. The summed E-state index contributed by atoms with van der Waals surface area (Å²) in [6.45, 7) is 6.53. The van der Waals surface area contributed by atoms with Gasteiger partial charge in [-0.05, 0) is 168 Å². The van der Waals surface area contributed by atoms with Crippen molar-refractivity contribution in [2.75, 3.05) is 39.3 Å². The summed E-state index contributed by atoms with van der Waals surface area (Å²) in [6.07, 6.45) is 9.69. The first-order valence-electron chi connectivity index (χ1n) is 18.9. The van der Waals surface area contributed by atoms with Crippen molar-refractivity contribution in [1.29, 1.82) is 0 Å². The topological polar surface area (TPSA) is 40.6 Å². The maximum absolute atomic E-state index is 12.3. The van der Waals surface area contributed by atoms with Crippen LogP contribution in [0.1, 0.15) is 108 Å². The maximum atomic E-state index is 12.3. The summed E-state index contributed by atoms with van der Waals surface area (Å²) in [5.41, 5.74) is 3.98. The van der Waals surface area contributed by atoms with Crippen LogP contribution in [-0.2, 0) is 0 Å². The number of hydrogen-bond donors (Lipinski definition) is 0. The lowest BCUT2D eigenvalue weighted by molar-refractivity contribution is 0.0969. The van der Waals surface area contributed by atoms with E-state index in [0.29, 0.717) is 45.3 Å². The van der Waals surface area contributed by atoms with Gasteiger partial charge in [-0.1, -0.05) is 94.4 Å². The molecule has 4 aromatic rings. The Hall–Kier alpha value is -2.41. The first-order chi connectivity index (χ1) is 25.7. The van der Waals surface area contributed by atoms with Crippen LogP contribution in [0.5, 0.6) is 0 Å². The number of benzene rings is 4. The molecule has 282 valence electrons. The Morgan fingerprint density at radius 2 is 0.925 bits per heavy atom. The van der Waals surface area contributed by atoms with Crippen molar-refractivity contribution in [3.8, 4) is 0 Å². The van der Waals surface area contributed by atoms with Gasteiger partial charge in [0.2, 0.25) is 0 Å². The molecule has 4 nitrogen and oxygen atoms in total. The molecule has 2 heterocycles. The van der Waals surface area contributed by atoms with Crippen LogP contribution < -0.4 is 0 Å². The smallest absolute Gasteiger partial charge is 0.162 e.